The monoisotopic (exact) mass is 325 g/mol. The van der Waals surface area contributed by atoms with Crippen molar-refractivity contribution in [1.82, 2.24) is 15.0 Å². The number of sulfonamides is 1. The highest BCUT2D eigenvalue weighted by atomic mass is 32.2. The molecule has 7 heteroatoms. The summed E-state index contributed by atoms with van der Waals surface area (Å²) in [4.78, 5) is 4.15. The SMILES string of the molecule is CCNCc1csc(S(=O)(=O)NCc2ccc(C)nc2)c1. The largest absolute Gasteiger partial charge is 0.313 e. The normalized spacial score (nSPS) is 11.7. The molecule has 0 unspecified atom stereocenters. The molecule has 2 aromatic heterocycles. The van der Waals surface area contributed by atoms with Crippen LogP contribution in [0, 0.1) is 6.92 Å². The van der Waals surface area contributed by atoms with Crippen molar-refractivity contribution >= 4 is 21.4 Å². The van der Waals surface area contributed by atoms with Crippen molar-refractivity contribution < 1.29 is 8.42 Å². The lowest BCUT2D eigenvalue weighted by Gasteiger charge is -2.05. The van der Waals surface area contributed by atoms with E-state index in [1.807, 2.05) is 31.4 Å². The van der Waals surface area contributed by atoms with Crippen LogP contribution in [0.15, 0.2) is 34.0 Å². The molecule has 0 bridgehead atoms. The van der Waals surface area contributed by atoms with Crippen LogP contribution in [0.4, 0.5) is 0 Å². The van der Waals surface area contributed by atoms with Gasteiger partial charge in [-0.3, -0.25) is 4.98 Å². The van der Waals surface area contributed by atoms with E-state index in [4.69, 9.17) is 0 Å². The molecule has 0 fully saturated rings. The fraction of sp³-hybridized carbons (Fsp3) is 0.357. The second-order valence-electron chi connectivity index (χ2n) is 4.69. The summed E-state index contributed by atoms with van der Waals surface area (Å²) in [6.07, 6.45) is 1.68. The van der Waals surface area contributed by atoms with Crippen molar-refractivity contribution in [1.29, 1.82) is 0 Å². The molecule has 0 spiro atoms. The third kappa shape index (κ3) is 4.60. The van der Waals surface area contributed by atoms with Gasteiger partial charge >= 0.3 is 0 Å². The van der Waals surface area contributed by atoms with E-state index in [2.05, 4.69) is 15.0 Å². The van der Waals surface area contributed by atoms with Gasteiger partial charge in [0.25, 0.3) is 0 Å². The first-order valence-corrected chi connectivity index (χ1v) is 9.07. The molecular formula is C14H19N3O2S2. The van der Waals surface area contributed by atoms with Gasteiger partial charge in [0.1, 0.15) is 4.21 Å². The minimum atomic E-state index is -3.46. The quantitative estimate of drug-likeness (QED) is 0.817. The molecule has 2 rings (SSSR count). The number of hydrogen-bond acceptors (Lipinski definition) is 5. The van der Waals surface area contributed by atoms with Crippen molar-refractivity contribution in [2.45, 2.75) is 31.1 Å². The first kappa shape index (κ1) is 16.1. The first-order chi connectivity index (χ1) is 10.0. The van der Waals surface area contributed by atoms with E-state index >= 15 is 0 Å². The van der Waals surface area contributed by atoms with E-state index in [0.29, 0.717) is 10.8 Å². The number of rotatable bonds is 7. The van der Waals surface area contributed by atoms with Crippen LogP contribution in [0.1, 0.15) is 23.7 Å². The van der Waals surface area contributed by atoms with Gasteiger partial charge in [0, 0.05) is 25.0 Å². The van der Waals surface area contributed by atoms with Crippen molar-refractivity contribution in [2.75, 3.05) is 6.54 Å². The molecule has 114 valence electrons. The number of aromatic nitrogens is 1. The minimum absolute atomic E-state index is 0.246. The smallest absolute Gasteiger partial charge is 0.250 e. The van der Waals surface area contributed by atoms with E-state index in [0.717, 1.165) is 23.4 Å². The molecular weight excluding hydrogens is 306 g/mol. The van der Waals surface area contributed by atoms with E-state index < -0.39 is 10.0 Å². The number of nitrogens with zero attached hydrogens (tertiary/aromatic N) is 1. The van der Waals surface area contributed by atoms with Crippen LogP contribution in [-0.2, 0) is 23.1 Å². The van der Waals surface area contributed by atoms with Crippen LogP contribution in [0.25, 0.3) is 0 Å². The van der Waals surface area contributed by atoms with E-state index in [-0.39, 0.29) is 6.54 Å². The third-order valence-electron chi connectivity index (χ3n) is 2.91. The minimum Gasteiger partial charge on any atom is -0.313 e. The lowest BCUT2D eigenvalue weighted by molar-refractivity contribution is 0.583. The molecule has 0 radical (unpaired) electrons. The summed E-state index contributed by atoms with van der Waals surface area (Å²) in [5, 5.41) is 5.04. The Morgan fingerprint density at radius 2 is 2.05 bits per heavy atom. The maximum absolute atomic E-state index is 12.2. The fourth-order valence-electron chi connectivity index (χ4n) is 1.71. The summed E-state index contributed by atoms with van der Waals surface area (Å²) >= 11 is 1.24. The van der Waals surface area contributed by atoms with Gasteiger partial charge in [0.15, 0.2) is 0 Å². The van der Waals surface area contributed by atoms with Crippen molar-refractivity contribution in [2.24, 2.45) is 0 Å². The topological polar surface area (TPSA) is 71.1 Å². The number of hydrogen-bond donors (Lipinski definition) is 2. The Kier molecular flexibility index (Phi) is 5.46. The molecule has 0 aliphatic heterocycles. The van der Waals surface area contributed by atoms with E-state index in [1.165, 1.54) is 11.3 Å². The molecule has 2 heterocycles. The molecule has 0 saturated heterocycles. The Morgan fingerprint density at radius 1 is 1.24 bits per heavy atom. The first-order valence-electron chi connectivity index (χ1n) is 6.70. The van der Waals surface area contributed by atoms with Gasteiger partial charge in [0.2, 0.25) is 10.0 Å². The summed E-state index contributed by atoms with van der Waals surface area (Å²) in [5.74, 6) is 0. The maximum atomic E-state index is 12.2. The van der Waals surface area contributed by atoms with E-state index in [1.54, 1.807) is 12.3 Å². The van der Waals surface area contributed by atoms with Gasteiger partial charge < -0.3 is 5.32 Å². The number of pyridine rings is 1. The zero-order valence-corrected chi connectivity index (χ0v) is 13.7. The zero-order valence-electron chi connectivity index (χ0n) is 12.1. The predicted molar refractivity (Wildman–Crippen MR) is 84.7 cm³/mol. The molecule has 21 heavy (non-hydrogen) atoms. The lowest BCUT2D eigenvalue weighted by atomic mass is 10.2. The second-order valence-corrected chi connectivity index (χ2v) is 7.59. The van der Waals surface area contributed by atoms with Crippen molar-refractivity contribution in [3.05, 3.63) is 46.6 Å². The van der Waals surface area contributed by atoms with Gasteiger partial charge in [-0.25, -0.2) is 13.1 Å². The Bertz CT molecular complexity index is 678. The number of aryl methyl sites for hydroxylation is 1. The van der Waals surface area contributed by atoms with Crippen molar-refractivity contribution in [3.63, 3.8) is 0 Å². The van der Waals surface area contributed by atoms with E-state index in [9.17, 15) is 8.42 Å². The number of thiophene rings is 1. The van der Waals surface area contributed by atoms with Gasteiger partial charge in [0.05, 0.1) is 0 Å². The molecule has 0 saturated carbocycles. The van der Waals surface area contributed by atoms with Gasteiger partial charge in [-0.2, -0.15) is 0 Å². The average Bonchev–Trinajstić information content (AvgIpc) is 2.94. The highest BCUT2D eigenvalue weighted by molar-refractivity contribution is 7.91. The average molecular weight is 325 g/mol. The molecule has 0 aromatic carbocycles. The Balaban J connectivity index is 2.00. The Hall–Kier alpha value is -1.28. The van der Waals surface area contributed by atoms with Gasteiger partial charge in [-0.15, -0.1) is 11.3 Å². The predicted octanol–water partition coefficient (Wildman–Crippen LogP) is 2.04. The third-order valence-corrected chi connectivity index (χ3v) is 5.80. The molecule has 0 aliphatic rings. The number of nitrogens with one attached hydrogen (secondary N) is 2. The summed E-state index contributed by atoms with van der Waals surface area (Å²) in [7, 11) is -3.46. The van der Waals surface area contributed by atoms with Gasteiger partial charge in [-0.1, -0.05) is 13.0 Å². The molecule has 0 aliphatic carbocycles. The van der Waals surface area contributed by atoms with Crippen LogP contribution in [0.3, 0.4) is 0 Å². The summed E-state index contributed by atoms with van der Waals surface area (Å²) in [6.45, 7) is 5.70. The second kappa shape index (κ2) is 7.13. The summed E-state index contributed by atoms with van der Waals surface area (Å²) in [6, 6.07) is 5.45. The standard InChI is InChI=1S/C14H19N3O2S2/c1-3-15-7-13-6-14(20-10-13)21(18,19)17-9-12-5-4-11(2)16-8-12/h4-6,8,10,15,17H,3,7,9H2,1-2H3. The Morgan fingerprint density at radius 3 is 2.71 bits per heavy atom. The zero-order chi connectivity index (χ0) is 15.3. The van der Waals surface area contributed by atoms with Crippen LogP contribution < -0.4 is 10.0 Å². The Labute approximate surface area is 129 Å². The van der Waals surface area contributed by atoms with Crippen LogP contribution in [0.5, 0.6) is 0 Å². The summed E-state index contributed by atoms with van der Waals surface area (Å²) in [5.41, 5.74) is 2.74. The molecule has 0 amide bonds. The molecule has 5 nitrogen and oxygen atoms in total. The lowest BCUT2D eigenvalue weighted by Crippen LogP contribution is -2.22. The van der Waals surface area contributed by atoms with Crippen LogP contribution in [0.2, 0.25) is 0 Å². The summed E-state index contributed by atoms with van der Waals surface area (Å²) < 4.78 is 27.4. The fourth-order valence-corrected chi connectivity index (χ4v) is 3.98. The van der Waals surface area contributed by atoms with Crippen LogP contribution >= 0.6 is 11.3 Å². The van der Waals surface area contributed by atoms with Gasteiger partial charge in [-0.05, 0) is 42.1 Å². The highest BCUT2D eigenvalue weighted by Gasteiger charge is 2.16. The molecule has 0 atom stereocenters. The molecule has 2 N–H and O–H groups in total. The highest BCUT2D eigenvalue weighted by Crippen LogP contribution is 2.20. The maximum Gasteiger partial charge on any atom is 0.250 e. The van der Waals surface area contributed by atoms with Crippen LogP contribution in [-0.4, -0.2) is 19.9 Å². The molecule has 2 aromatic rings. The van der Waals surface area contributed by atoms with Crippen molar-refractivity contribution in [3.8, 4) is 0 Å².